The highest BCUT2D eigenvalue weighted by Crippen LogP contribution is 2.39. The van der Waals surface area contributed by atoms with Gasteiger partial charge in [0.15, 0.2) is 12.6 Å². The van der Waals surface area contributed by atoms with Crippen LogP contribution in [0.1, 0.15) is 12.6 Å². The van der Waals surface area contributed by atoms with E-state index >= 15 is 0 Å². The maximum Gasteiger partial charge on any atom is 0.351 e. The van der Waals surface area contributed by atoms with Crippen molar-refractivity contribution in [2.45, 2.75) is 22.9 Å². The number of aromatic amines is 1. The Morgan fingerprint density at radius 3 is 2.86 bits per heavy atom. The van der Waals surface area contributed by atoms with Crippen LogP contribution >= 0.6 is 41.8 Å². The van der Waals surface area contributed by atoms with Crippen molar-refractivity contribution in [2.75, 3.05) is 6.35 Å². The van der Waals surface area contributed by atoms with Crippen molar-refractivity contribution in [1.82, 2.24) is 9.55 Å². The second-order valence-electron chi connectivity index (χ2n) is 4.31. The average Bonchev–Trinajstić information content (AvgIpc) is 2.72. The van der Waals surface area contributed by atoms with Crippen molar-refractivity contribution in [3.63, 3.8) is 0 Å². The van der Waals surface area contributed by atoms with E-state index in [1.807, 2.05) is 27.6 Å². The van der Waals surface area contributed by atoms with Crippen molar-refractivity contribution in [2.24, 2.45) is 0 Å². The van der Waals surface area contributed by atoms with Gasteiger partial charge in [0.1, 0.15) is 11.3 Å². The molecule has 0 saturated carbocycles. The summed E-state index contributed by atoms with van der Waals surface area (Å²) in [6, 6.07) is 0. The van der Waals surface area contributed by atoms with Crippen LogP contribution in [0.4, 0.5) is 0 Å². The minimum atomic E-state index is -4.30. The topological polar surface area (TPSA) is 131 Å². The molecule has 1 aliphatic heterocycles. The molecule has 1 aliphatic rings. The van der Waals surface area contributed by atoms with Gasteiger partial charge in [0.05, 0.1) is 3.92 Å². The van der Waals surface area contributed by atoms with Crippen LogP contribution in [-0.2, 0) is 14.0 Å². The second kappa shape index (κ2) is 6.49. The van der Waals surface area contributed by atoms with E-state index < -0.39 is 37.7 Å². The van der Waals surface area contributed by atoms with E-state index in [1.165, 1.54) is 0 Å². The fourth-order valence-electron chi connectivity index (χ4n) is 1.77. The summed E-state index contributed by atoms with van der Waals surface area (Å²) in [5.41, 5.74) is -1.38. The fourth-order valence-corrected chi connectivity index (χ4v) is 3.07. The Hall–Kier alpha value is -0.230. The molecule has 0 amide bonds. The lowest BCUT2D eigenvalue weighted by atomic mass is 10.3. The zero-order valence-electron chi connectivity index (χ0n) is 10.3. The molecule has 0 radical (unpaired) electrons. The Balaban J connectivity index is 2.14. The number of hydrogen-bond acceptors (Lipinski definition) is 5. The van der Waals surface area contributed by atoms with Crippen molar-refractivity contribution in [3.8, 4) is 0 Å². The molecule has 1 fully saturated rings. The minimum Gasteiger partial charge on any atom is -0.339 e. The van der Waals surface area contributed by atoms with Gasteiger partial charge in [-0.15, -0.1) is 0 Å². The SMILES string of the molecule is O=c1[nH]c(=O)n([C@H]2C[C@H](I)[C@@H](OCP(=O)(O)O)O2)cc1Cl. The van der Waals surface area contributed by atoms with E-state index in [1.54, 1.807) is 0 Å². The Morgan fingerprint density at radius 1 is 1.57 bits per heavy atom. The van der Waals surface area contributed by atoms with E-state index in [0.717, 1.165) is 10.8 Å². The van der Waals surface area contributed by atoms with Crippen molar-refractivity contribution in [3.05, 3.63) is 32.1 Å². The van der Waals surface area contributed by atoms with Gasteiger partial charge < -0.3 is 19.3 Å². The number of H-pyrrole nitrogens is 1. The summed E-state index contributed by atoms with van der Waals surface area (Å²) in [7, 11) is -4.30. The summed E-state index contributed by atoms with van der Waals surface area (Å²) in [5, 5.41) is -0.164. The van der Waals surface area contributed by atoms with Gasteiger partial charge in [0, 0.05) is 12.6 Å². The molecule has 21 heavy (non-hydrogen) atoms. The van der Waals surface area contributed by atoms with Gasteiger partial charge in [0.25, 0.3) is 5.56 Å². The maximum absolute atomic E-state index is 11.7. The zero-order valence-corrected chi connectivity index (χ0v) is 14.1. The summed E-state index contributed by atoms with van der Waals surface area (Å²) in [5.74, 6) is 0. The highest BCUT2D eigenvalue weighted by atomic mass is 127. The molecule has 3 N–H and O–H groups in total. The minimum absolute atomic E-state index is 0.164. The van der Waals surface area contributed by atoms with E-state index in [2.05, 4.69) is 0 Å². The fraction of sp³-hybridized carbons (Fsp3) is 0.556. The molecule has 3 atom stereocenters. The molecule has 1 aromatic heterocycles. The molecule has 0 unspecified atom stereocenters. The average molecular weight is 453 g/mol. The first kappa shape index (κ1) is 17.1. The van der Waals surface area contributed by atoms with Crippen LogP contribution in [0.3, 0.4) is 0 Å². The first-order valence-electron chi connectivity index (χ1n) is 5.64. The number of hydrogen-bond donors (Lipinski definition) is 3. The van der Waals surface area contributed by atoms with Gasteiger partial charge in [-0.25, -0.2) is 4.79 Å². The molecular formula is C9H11ClIN2O7P. The Morgan fingerprint density at radius 2 is 2.24 bits per heavy atom. The predicted molar refractivity (Wildman–Crippen MR) is 80.7 cm³/mol. The molecule has 2 heterocycles. The molecule has 1 aromatic rings. The van der Waals surface area contributed by atoms with Crippen molar-refractivity contribution >= 4 is 41.8 Å². The van der Waals surface area contributed by atoms with Crippen LogP contribution in [-0.4, -0.2) is 35.9 Å². The number of rotatable bonds is 4. The van der Waals surface area contributed by atoms with Crippen LogP contribution in [0.25, 0.3) is 0 Å². The standard InChI is InChI=1S/C9H11ClIN2O7P/c10-4-2-13(9(15)12-7(4)14)6-1-5(11)8(20-6)19-3-21(16,17)18/h2,5-6,8H,1,3H2,(H,12,14,15)(H2,16,17,18)/t5-,6+,8-/m0/s1. The summed E-state index contributed by atoms with van der Waals surface area (Å²) in [6.45, 7) is 0. The second-order valence-corrected chi connectivity index (χ2v) is 7.91. The van der Waals surface area contributed by atoms with Gasteiger partial charge in [0.2, 0.25) is 0 Å². The summed E-state index contributed by atoms with van der Waals surface area (Å²) in [6.07, 6.45) is -0.876. The maximum atomic E-state index is 11.7. The lowest BCUT2D eigenvalue weighted by Gasteiger charge is -2.17. The third kappa shape index (κ3) is 4.38. The highest BCUT2D eigenvalue weighted by Gasteiger charge is 2.37. The number of nitrogens with zero attached hydrogens (tertiary/aromatic N) is 1. The van der Waals surface area contributed by atoms with Crippen molar-refractivity contribution < 1.29 is 23.8 Å². The monoisotopic (exact) mass is 452 g/mol. The first-order chi connectivity index (χ1) is 9.67. The van der Waals surface area contributed by atoms with E-state index in [4.69, 9.17) is 30.9 Å². The van der Waals surface area contributed by atoms with Gasteiger partial charge in [-0.2, -0.15) is 0 Å². The number of nitrogens with one attached hydrogen (secondary N) is 1. The molecule has 0 bridgehead atoms. The largest absolute Gasteiger partial charge is 0.351 e. The van der Waals surface area contributed by atoms with Crippen molar-refractivity contribution in [1.29, 1.82) is 0 Å². The summed E-state index contributed by atoms with van der Waals surface area (Å²) in [4.78, 5) is 42.5. The Bertz CT molecular complexity index is 685. The van der Waals surface area contributed by atoms with Crippen LogP contribution < -0.4 is 11.2 Å². The summed E-state index contributed by atoms with van der Waals surface area (Å²) >= 11 is 7.65. The van der Waals surface area contributed by atoms with Gasteiger partial charge in [-0.3, -0.25) is 18.9 Å². The first-order valence-corrected chi connectivity index (χ1v) is 9.06. The zero-order chi connectivity index (χ0) is 15.8. The molecule has 1 saturated heterocycles. The Kier molecular flexibility index (Phi) is 5.29. The van der Waals surface area contributed by atoms with Gasteiger partial charge in [-0.1, -0.05) is 34.2 Å². The molecule has 9 nitrogen and oxygen atoms in total. The van der Waals surface area contributed by atoms with Crippen LogP contribution in [0, 0.1) is 0 Å². The highest BCUT2D eigenvalue weighted by molar-refractivity contribution is 14.1. The molecular weight excluding hydrogens is 441 g/mol. The predicted octanol–water partition coefficient (Wildman–Crippen LogP) is 0.390. The molecule has 0 aliphatic carbocycles. The van der Waals surface area contributed by atoms with E-state index in [0.29, 0.717) is 6.42 Å². The number of aromatic nitrogens is 2. The summed E-state index contributed by atoms with van der Waals surface area (Å²) < 4.78 is 22.1. The molecule has 118 valence electrons. The lowest BCUT2D eigenvalue weighted by Crippen LogP contribution is -2.32. The normalized spacial score (nSPS) is 26.2. The Labute approximate surface area is 136 Å². The lowest BCUT2D eigenvalue weighted by molar-refractivity contribution is -0.139. The molecule has 12 heteroatoms. The van der Waals surface area contributed by atoms with Crippen LogP contribution in [0.2, 0.25) is 5.02 Å². The van der Waals surface area contributed by atoms with Crippen LogP contribution in [0.5, 0.6) is 0 Å². The smallest absolute Gasteiger partial charge is 0.339 e. The number of alkyl halides is 1. The van der Waals surface area contributed by atoms with E-state index in [-0.39, 0.29) is 8.95 Å². The van der Waals surface area contributed by atoms with Gasteiger partial charge >= 0.3 is 13.3 Å². The quantitative estimate of drug-likeness (QED) is 0.342. The van der Waals surface area contributed by atoms with Crippen LogP contribution in [0.15, 0.2) is 15.8 Å². The van der Waals surface area contributed by atoms with Gasteiger partial charge in [-0.05, 0) is 0 Å². The number of ether oxygens (including phenoxy) is 2. The molecule has 0 aromatic carbocycles. The number of halogens is 2. The molecule has 2 rings (SSSR count). The third-order valence-electron chi connectivity index (χ3n) is 2.65. The third-order valence-corrected chi connectivity index (χ3v) is 4.51. The molecule has 0 spiro atoms. The van der Waals surface area contributed by atoms with E-state index in [9.17, 15) is 14.2 Å².